The molecule has 0 radical (unpaired) electrons. The van der Waals surface area contributed by atoms with E-state index in [1.165, 1.54) is 23.6 Å². The van der Waals surface area contributed by atoms with Gasteiger partial charge in [-0.25, -0.2) is 0 Å². The second kappa shape index (κ2) is 7.79. The smallest absolute Gasteiger partial charge is 0.548 e. The van der Waals surface area contributed by atoms with Crippen LogP contribution >= 0.6 is 11.8 Å². The van der Waals surface area contributed by atoms with Crippen molar-refractivity contribution in [2.45, 2.75) is 43.0 Å². The molecule has 0 saturated carbocycles. The molecule has 29 heavy (non-hydrogen) atoms. The number of aryl methyl sites for hydroxylation is 1. The number of nitrogens with zero attached hydrogens (tertiary/aromatic N) is 2. The van der Waals surface area contributed by atoms with Gasteiger partial charge in [0.1, 0.15) is 28.4 Å². The number of aromatic nitrogens is 1. The zero-order valence-electron chi connectivity index (χ0n) is 21.1. The zero-order chi connectivity index (χ0) is 24.6. The largest absolute Gasteiger partial charge is 1.00 e. The fraction of sp³-hybridized carbons (Fsp3) is 0.368. The van der Waals surface area contributed by atoms with E-state index < -0.39 is 70.2 Å². The van der Waals surface area contributed by atoms with E-state index in [1.807, 2.05) is 0 Å². The Morgan fingerprint density at radius 3 is 2.62 bits per heavy atom. The molecule has 1 aromatic carbocycles. The Morgan fingerprint density at radius 2 is 2.00 bits per heavy atom. The first-order valence-corrected chi connectivity index (χ1v) is 9.22. The normalized spacial score (nSPS) is 26.7. The van der Waals surface area contributed by atoms with Gasteiger partial charge in [-0.3, -0.25) is 9.59 Å². The summed E-state index contributed by atoms with van der Waals surface area (Å²) in [7, 11) is 0. The molecule has 0 unspecified atom stereocenters. The van der Waals surface area contributed by atoms with Gasteiger partial charge in [-0.05, 0) is 20.8 Å². The van der Waals surface area contributed by atoms with Crippen molar-refractivity contribution in [2.24, 2.45) is 0 Å². The Morgan fingerprint density at radius 1 is 1.34 bits per heavy atom. The molecule has 2 amide bonds. The molecular formula is C19H18N3NaO5S. The van der Waals surface area contributed by atoms with Gasteiger partial charge in [0, 0.05) is 10.3 Å². The molecule has 2 aliphatic heterocycles. The van der Waals surface area contributed by atoms with Crippen LogP contribution in [0.2, 0.25) is 0 Å². The number of nitrogens with one attached hydrogen (secondary N) is 1. The Hall–Kier alpha value is -1.81. The quantitative estimate of drug-likeness (QED) is 0.425. The van der Waals surface area contributed by atoms with E-state index >= 15 is 0 Å². The Labute approximate surface area is 200 Å². The first-order valence-electron chi connectivity index (χ1n) is 10.8. The van der Waals surface area contributed by atoms with Crippen LogP contribution in [-0.4, -0.2) is 50.0 Å². The molecule has 146 valence electrons. The number of carbonyl (C=O) groups excluding carboxylic acids is 3. The molecular weight excluding hydrogens is 405 g/mol. The van der Waals surface area contributed by atoms with Gasteiger partial charge in [0.05, 0.1) is 18.9 Å². The monoisotopic (exact) mass is 428 g/mol. The molecule has 1 N–H and O–H groups in total. The van der Waals surface area contributed by atoms with E-state index in [1.54, 1.807) is 13.8 Å². The molecule has 0 bridgehead atoms. The standard InChI is InChI=1S/C19H19N3O5S.Na/c1-9-11(12(21-27-9)10-7-5-4-6-8-10)15(23)20-13-16(24)22-14(18(25)26)19(2,3)28-17(13)22;/h4-8,13-14,17H,1-3H3,(H,20,23)(H,25,26);/q;+1/p-1/t13-,14+,17-;/m1./s1/i4D,5D,6D,7D,8D;. The summed E-state index contributed by atoms with van der Waals surface area (Å²) in [5.41, 5.74) is -0.742. The van der Waals surface area contributed by atoms with Gasteiger partial charge in [0.25, 0.3) is 5.91 Å². The van der Waals surface area contributed by atoms with Crippen LogP contribution in [0.25, 0.3) is 11.3 Å². The number of rotatable bonds is 4. The number of thioether (sulfide) groups is 1. The molecule has 2 fully saturated rings. The van der Waals surface area contributed by atoms with E-state index in [9.17, 15) is 19.5 Å². The number of aliphatic carboxylic acids is 1. The maximum absolute atomic E-state index is 13.1. The predicted octanol–water partition coefficient (Wildman–Crippen LogP) is -2.44. The SMILES string of the molecule is [2H]c1c([2H])c([2H])c(-c2noc(C)c2C(=O)N[C@@H]2C(=O)N3[C@@H]2SC(C)(C)[C@@H]3C(=O)[O-])c([2H])c1[2H].[Na+]. The van der Waals surface area contributed by atoms with E-state index in [4.69, 9.17) is 11.4 Å². The van der Waals surface area contributed by atoms with Crippen LogP contribution in [-0.2, 0) is 9.59 Å². The van der Waals surface area contributed by atoms with Crippen molar-refractivity contribution in [3.63, 3.8) is 0 Å². The Bertz CT molecular complexity index is 1210. The first-order chi connectivity index (χ1) is 15.3. The molecule has 0 spiro atoms. The van der Waals surface area contributed by atoms with Gasteiger partial charge in [0.2, 0.25) is 5.91 Å². The first kappa shape index (κ1) is 16.0. The fourth-order valence-electron chi connectivity index (χ4n) is 3.52. The van der Waals surface area contributed by atoms with Gasteiger partial charge in [-0.2, -0.15) is 0 Å². The minimum atomic E-state index is -1.38. The molecule has 10 heteroatoms. The van der Waals surface area contributed by atoms with Crippen molar-refractivity contribution < 1.29 is 60.4 Å². The third kappa shape index (κ3) is 3.50. The number of carboxylic acid groups (broad SMARTS) is 1. The van der Waals surface area contributed by atoms with Crippen LogP contribution in [0.1, 0.15) is 36.8 Å². The van der Waals surface area contributed by atoms with Crippen molar-refractivity contribution in [1.29, 1.82) is 0 Å². The Balaban J connectivity index is 0.00000324. The van der Waals surface area contributed by atoms with Gasteiger partial charge in [0.15, 0.2) is 0 Å². The summed E-state index contributed by atoms with van der Waals surface area (Å²) in [6.07, 6.45) is 0. The molecule has 2 saturated heterocycles. The second-order valence-electron chi connectivity index (χ2n) is 6.99. The summed E-state index contributed by atoms with van der Waals surface area (Å²) in [4.78, 5) is 38.5. The van der Waals surface area contributed by atoms with Crippen molar-refractivity contribution >= 4 is 29.5 Å². The van der Waals surface area contributed by atoms with Crippen LogP contribution in [0.15, 0.2) is 34.7 Å². The summed E-state index contributed by atoms with van der Waals surface area (Å²) in [6, 6.07) is -5.07. The van der Waals surface area contributed by atoms with Crippen molar-refractivity contribution in [1.82, 2.24) is 15.4 Å². The topological polar surface area (TPSA) is 116 Å². The summed E-state index contributed by atoms with van der Waals surface area (Å²) in [5.74, 6) is -2.75. The summed E-state index contributed by atoms with van der Waals surface area (Å²) >= 11 is 1.22. The minimum Gasteiger partial charge on any atom is -0.548 e. The van der Waals surface area contributed by atoms with Crippen molar-refractivity contribution in [2.75, 3.05) is 0 Å². The number of fused-ring (bicyclic) bond motifs is 1. The number of hydrogen-bond acceptors (Lipinski definition) is 7. The maximum Gasteiger partial charge on any atom is 1.00 e. The van der Waals surface area contributed by atoms with E-state index in [-0.39, 0.29) is 52.1 Å². The van der Waals surface area contributed by atoms with Gasteiger partial charge >= 0.3 is 29.6 Å². The van der Waals surface area contributed by atoms with Gasteiger partial charge in [-0.1, -0.05) is 35.4 Å². The van der Waals surface area contributed by atoms with E-state index in [2.05, 4.69) is 10.5 Å². The molecule has 1 aromatic heterocycles. The Kier molecular flexibility index (Phi) is 4.29. The maximum atomic E-state index is 13.1. The van der Waals surface area contributed by atoms with Crippen LogP contribution in [0.3, 0.4) is 0 Å². The predicted molar refractivity (Wildman–Crippen MR) is 99.0 cm³/mol. The molecule has 3 heterocycles. The third-order valence-corrected chi connectivity index (χ3v) is 6.35. The number of carboxylic acids is 1. The zero-order valence-corrected chi connectivity index (χ0v) is 18.9. The average Bonchev–Trinajstić information content (AvgIpc) is 3.24. The number of amides is 2. The third-order valence-electron chi connectivity index (χ3n) is 4.78. The summed E-state index contributed by atoms with van der Waals surface area (Å²) < 4.78 is 43.9. The van der Waals surface area contributed by atoms with Crippen molar-refractivity contribution in [3.05, 3.63) is 41.5 Å². The van der Waals surface area contributed by atoms with Crippen molar-refractivity contribution in [3.8, 4) is 11.3 Å². The number of hydrogen-bond donors (Lipinski definition) is 1. The fourth-order valence-corrected chi connectivity index (χ4v) is 5.14. The van der Waals surface area contributed by atoms with E-state index in [0.717, 1.165) is 0 Å². The average molecular weight is 428 g/mol. The number of β-lactam (4-membered cyclic amide) rings is 1. The number of benzene rings is 1. The van der Waals surface area contributed by atoms with E-state index in [0.29, 0.717) is 0 Å². The summed E-state index contributed by atoms with van der Waals surface area (Å²) in [6.45, 7) is 4.75. The van der Waals surface area contributed by atoms with Crippen LogP contribution in [0.5, 0.6) is 0 Å². The molecule has 2 aromatic rings. The number of carbonyl (C=O) groups is 3. The van der Waals surface area contributed by atoms with Crippen LogP contribution in [0, 0.1) is 6.92 Å². The molecule has 2 aliphatic rings. The molecule has 3 atom stereocenters. The van der Waals surface area contributed by atoms with Crippen LogP contribution in [0.4, 0.5) is 0 Å². The minimum absolute atomic E-state index is 0. The second-order valence-corrected chi connectivity index (χ2v) is 8.76. The molecule has 4 rings (SSSR count). The van der Waals surface area contributed by atoms with Crippen LogP contribution < -0.4 is 40.0 Å². The molecule has 8 nitrogen and oxygen atoms in total. The molecule has 0 aliphatic carbocycles. The van der Waals surface area contributed by atoms with Gasteiger partial charge < -0.3 is 24.6 Å². The van der Waals surface area contributed by atoms with Gasteiger partial charge in [-0.15, -0.1) is 11.8 Å². The summed E-state index contributed by atoms with van der Waals surface area (Å²) in [5, 5.41) is 17.2.